The second-order valence-corrected chi connectivity index (χ2v) is 5.78. The fourth-order valence-electron chi connectivity index (χ4n) is 2.79. The van der Waals surface area contributed by atoms with Crippen LogP contribution in [0.15, 0.2) is 24.3 Å². The van der Waals surface area contributed by atoms with E-state index in [1.807, 2.05) is 0 Å². The van der Waals surface area contributed by atoms with E-state index in [1.54, 1.807) is 6.07 Å². The molecule has 1 aliphatic heterocycles. The molecule has 3 nitrogen and oxygen atoms in total. The summed E-state index contributed by atoms with van der Waals surface area (Å²) >= 11 is 0. The summed E-state index contributed by atoms with van der Waals surface area (Å²) < 4.78 is 38.4. The summed E-state index contributed by atoms with van der Waals surface area (Å²) in [5, 5.41) is 6.05. The molecule has 0 aromatic heterocycles. The first-order valence-electron chi connectivity index (χ1n) is 7.13. The van der Waals surface area contributed by atoms with E-state index in [1.165, 1.54) is 6.07 Å². The van der Waals surface area contributed by atoms with Crippen molar-refractivity contribution in [1.29, 1.82) is 0 Å². The van der Waals surface area contributed by atoms with Crippen molar-refractivity contribution in [3.63, 3.8) is 0 Å². The number of benzene rings is 1. The molecule has 0 spiro atoms. The average Bonchev–Trinajstić information content (AvgIpc) is 3.10. The molecule has 2 fully saturated rings. The third-order valence-corrected chi connectivity index (χ3v) is 4.12. The lowest BCUT2D eigenvalue weighted by Gasteiger charge is -2.19. The van der Waals surface area contributed by atoms with Gasteiger partial charge in [-0.15, -0.1) is 0 Å². The average molecular weight is 298 g/mol. The van der Waals surface area contributed by atoms with Gasteiger partial charge in [-0.2, -0.15) is 13.2 Å². The molecule has 0 radical (unpaired) electrons. The molecule has 1 saturated carbocycles. The maximum atomic E-state index is 12.8. The van der Waals surface area contributed by atoms with Crippen LogP contribution < -0.4 is 10.6 Å². The summed E-state index contributed by atoms with van der Waals surface area (Å²) in [6, 6.07) is 5.57. The Hall–Kier alpha value is -1.56. The molecule has 3 rings (SSSR count). The highest BCUT2D eigenvalue weighted by Gasteiger charge is 2.37. The van der Waals surface area contributed by atoms with Crippen LogP contribution in [0.4, 0.5) is 13.2 Å². The van der Waals surface area contributed by atoms with E-state index in [-0.39, 0.29) is 23.8 Å². The largest absolute Gasteiger partial charge is 0.416 e. The third-order valence-electron chi connectivity index (χ3n) is 4.12. The predicted octanol–water partition coefficient (Wildman–Crippen LogP) is 2.29. The topological polar surface area (TPSA) is 41.1 Å². The molecule has 21 heavy (non-hydrogen) atoms. The van der Waals surface area contributed by atoms with Crippen LogP contribution in [0.5, 0.6) is 0 Å². The minimum Gasteiger partial charge on any atom is -0.353 e. The Morgan fingerprint density at radius 2 is 2.00 bits per heavy atom. The number of carbonyl (C=O) groups excluding carboxylic acids is 1. The molecule has 1 aromatic rings. The van der Waals surface area contributed by atoms with Gasteiger partial charge in [-0.3, -0.25) is 4.79 Å². The monoisotopic (exact) mass is 298 g/mol. The van der Waals surface area contributed by atoms with Crippen LogP contribution in [-0.4, -0.2) is 25.0 Å². The summed E-state index contributed by atoms with van der Waals surface area (Å²) in [4.78, 5) is 12.2. The summed E-state index contributed by atoms with van der Waals surface area (Å²) in [6.07, 6.45) is -2.35. The zero-order valence-corrected chi connectivity index (χ0v) is 11.4. The lowest BCUT2D eigenvalue weighted by molar-refractivity contribution is -0.137. The Bertz CT molecular complexity index is 540. The van der Waals surface area contributed by atoms with E-state index in [0.29, 0.717) is 18.7 Å². The molecule has 2 atom stereocenters. The molecule has 2 unspecified atom stereocenters. The van der Waals surface area contributed by atoms with Crippen molar-refractivity contribution in [2.75, 3.05) is 13.1 Å². The Labute approximate surface area is 120 Å². The zero-order chi connectivity index (χ0) is 15.0. The van der Waals surface area contributed by atoms with Crippen molar-refractivity contribution >= 4 is 5.91 Å². The zero-order valence-electron chi connectivity index (χ0n) is 11.4. The number of carbonyl (C=O) groups is 1. The number of hydrogen-bond acceptors (Lipinski definition) is 2. The summed E-state index contributed by atoms with van der Waals surface area (Å²) in [5.74, 6) is -0.551. The highest BCUT2D eigenvalue weighted by Crippen LogP contribution is 2.34. The van der Waals surface area contributed by atoms with Crippen LogP contribution in [0.25, 0.3) is 0 Å². The third kappa shape index (κ3) is 3.20. The summed E-state index contributed by atoms with van der Waals surface area (Å²) in [7, 11) is 0. The number of hydrogen-bond donors (Lipinski definition) is 2. The molecule has 1 heterocycles. The molecule has 1 aliphatic carbocycles. The number of alkyl halides is 3. The van der Waals surface area contributed by atoms with E-state index < -0.39 is 11.7 Å². The number of amides is 1. The van der Waals surface area contributed by atoms with E-state index in [0.717, 1.165) is 25.0 Å². The van der Waals surface area contributed by atoms with Crippen LogP contribution in [0.3, 0.4) is 0 Å². The van der Waals surface area contributed by atoms with Crippen molar-refractivity contribution < 1.29 is 18.0 Å². The van der Waals surface area contributed by atoms with Gasteiger partial charge < -0.3 is 10.6 Å². The first kappa shape index (κ1) is 14.4. The number of halogens is 3. The minimum atomic E-state index is -4.35. The van der Waals surface area contributed by atoms with Crippen molar-refractivity contribution in [3.8, 4) is 0 Å². The molecular weight excluding hydrogens is 281 g/mol. The van der Waals surface area contributed by atoms with Gasteiger partial charge in [0.05, 0.1) is 11.5 Å². The Balaban J connectivity index is 1.79. The molecule has 2 aliphatic rings. The molecular formula is C15H17F3N2O. The van der Waals surface area contributed by atoms with E-state index in [4.69, 9.17) is 0 Å². The second kappa shape index (κ2) is 5.33. The smallest absolute Gasteiger partial charge is 0.353 e. The van der Waals surface area contributed by atoms with Crippen molar-refractivity contribution in [2.24, 2.45) is 5.92 Å². The maximum absolute atomic E-state index is 12.8. The van der Waals surface area contributed by atoms with Crippen LogP contribution in [-0.2, 0) is 11.0 Å². The fraction of sp³-hybridized carbons (Fsp3) is 0.533. The van der Waals surface area contributed by atoms with E-state index in [2.05, 4.69) is 10.6 Å². The lowest BCUT2D eigenvalue weighted by Crippen LogP contribution is -2.35. The number of nitrogens with one attached hydrogen (secondary N) is 2. The quantitative estimate of drug-likeness (QED) is 0.899. The SMILES string of the molecule is O=C(NC1CC1)C1CNCC1c1cccc(C(F)(F)F)c1. The van der Waals surface area contributed by atoms with Crippen molar-refractivity contribution in [3.05, 3.63) is 35.4 Å². The normalized spacial score (nSPS) is 25.9. The lowest BCUT2D eigenvalue weighted by atomic mass is 9.87. The van der Waals surface area contributed by atoms with E-state index >= 15 is 0 Å². The highest BCUT2D eigenvalue weighted by atomic mass is 19.4. The first-order chi connectivity index (χ1) is 9.95. The van der Waals surface area contributed by atoms with Gasteiger partial charge in [-0.05, 0) is 24.5 Å². The standard InChI is InChI=1S/C15H17F3N2O/c16-15(17,18)10-3-1-2-9(6-10)12-7-19-8-13(12)14(21)20-11-4-5-11/h1-3,6,11-13,19H,4-5,7-8H2,(H,20,21). The Morgan fingerprint density at radius 1 is 1.24 bits per heavy atom. The second-order valence-electron chi connectivity index (χ2n) is 5.78. The first-order valence-corrected chi connectivity index (χ1v) is 7.13. The van der Waals surface area contributed by atoms with Crippen LogP contribution in [0.2, 0.25) is 0 Å². The van der Waals surface area contributed by atoms with Gasteiger partial charge in [-0.25, -0.2) is 0 Å². The molecule has 6 heteroatoms. The van der Waals surface area contributed by atoms with Gasteiger partial charge in [0, 0.05) is 25.0 Å². The van der Waals surface area contributed by atoms with Gasteiger partial charge in [0.15, 0.2) is 0 Å². The predicted molar refractivity (Wildman–Crippen MR) is 71.7 cm³/mol. The molecule has 1 amide bonds. The van der Waals surface area contributed by atoms with Gasteiger partial charge in [-0.1, -0.05) is 18.2 Å². The highest BCUT2D eigenvalue weighted by molar-refractivity contribution is 5.81. The number of rotatable bonds is 3. The van der Waals surface area contributed by atoms with Gasteiger partial charge >= 0.3 is 6.18 Å². The summed E-state index contributed by atoms with van der Waals surface area (Å²) in [5.41, 5.74) is -0.0842. The minimum absolute atomic E-state index is 0.0510. The Kier molecular flexibility index (Phi) is 3.65. The van der Waals surface area contributed by atoms with Crippen molar-refractivity contribution in [2.45, 2.75) is 31.0 Å². The maximum Gasteiger partial charge on any atom is 0.416 e. The van der Waals surface area contributed by atoms with Crippen LogP contribution in [0, 0.1) is 5.92 Å². The molecule has 1 saturated heterocycles. The Morgan fingerprint density at radius 3 is 2.67 bits per heavy atom. The van der Waals surface area contributed by atoms with Crippen LogP contribution in [0.1, 0.15) is 29.9 Å². The van der Waals surface area contributed by atoms with Gasteiger partial charge in [0.2, 0.25) is 5.91 Å². The molecule has 114 valence electrons. The van der Waals surface area contributed by atoms with Gasteiger partial charge in [0.25, 0.3) is 0 Å². The summed E-state index contributed by atoms with van der Waals surface area (Å²) in [6.45, 7) is 1.05. The van der Waals surface area contributed by atoms with E-state index in [9.17, 15) is 18.0 Å². The van der Waals surface area contributed by atoms with Crippen molar-refractivity contribution in [1.82, 2.24) is 10.6 Å². The molecule has 0 bridgehead atoms. The van der Waals surface area contributed by atoms with Crippen LogP contribution >= 0.6 is 0 Å². The molecule has 2 N–H and O–H groups in total. The fourth-order valence-corrected chi connectivity index (χ4v) is 2.79. The molecule has 1 aromatic carbocycles. The van der Waals surface area contributed by atoms with Gasteiger partial charge in [0.1, 0.15) is 0 Å².